The molecule has 2 aromatic heterocycles. The van der Waals surface area contributed by atoms with Crippen LogP contribution >= 0.6 is 0 Å². The van der Waals surface area contributed by atoms with Crippen molar-refractivity contribution < 1.29 is 4.52 Å². The first-order chi connectivity index (χ1) is 10.4. The van der Waals surface area contributed by atoms with Gasteiger partial charge in [0.25, 0.3) is 0 Å². The van der Waals surface area contributed by atoms with Crippen LogP contribution in [0.5, 0.6) is 0 Å². The van der Waals surface area contributed by atoms with Crippen molar-refractivity contribution in [1.29, 1.82) is 0 Å². The van der Waals surface area contributed by atoms with Crippen LogP contribution < -0.4 is 0 Å². The number of fused-ring (bicyclic) bond motifs is 1. The Kier molecular flexibility index (Phi) is 2.74. The predicted molar refractivity (Wildman–Crippen MR) is 78.6 cm³/mol. The van der Waals surface area contributed by atoms with Gasteiger partial charge in [-0.05, 0) is 12.1 Å². The molecule has 0 radical (unpaired) electrons. The summed E-state index contributed by atoms with van der Waals surface area (Å²) in [7, 11) is 0. The van der Waals surface area contributed by atoms with Crippen LogP contribution in [0.4, 0.5) is 0 Å². The highest BCUT2D eigenvalue weighted by molar-refractivity contribution is 5.73. The van der Waals surface area contributed by atoms with Gasteiger partial charge in [-0.15, -0.1) is 5.10 Å². The summed E-state index contributed by atoms with van der Waals surface area (Å²) in [6.45, 7) is 0.514. The van der Waals surface area contributed by atoms with E-state index >= 15 is 0 Å². The van der Waals surface area contributed by atoms with E-state index < -0.39 is 0 Å². The molecule has 5 nitrogen and oxygen atoms in total. The highest BCUT2D eigenvalue weighted by Crippen LogP contribution is 2.19. The summed E-state index contributed by atoms with van der Waals surface area (Å²) in [6, 6.07) is 19.7. The zero-order chi connectivity index (χ0) is 14.1. The standard InChI is InChI=1S/C16H12N4O/c1-2-6-12(7-3-1)15-10-13(21-18-15)11-20-16-9-5-4-8-14(16)17-19-20/h1-10H,11H2. The molecule has 0 aliphatic rings. The van der Waals surface area contributed by atoms with Gasteiger partial charge >= 0.3 is 0 Å². The zero-order valence-corrected chi connectivity index (χ0v) is 11.2. The lowest BCUT2D eigenvalue weighted by Gasteiger charge is -1.97. The Hall–Kier alpha value is -2.95. The lowest BCUT2D eigenvalue weighted by Crippen LogP contribution is -2.00. The van der Waals surface area contributed by atoms with Gasteiger partial charge in [0.2, 0.25) is 0 Å². The number of hydrogen-bond acceptors (Lipinski definition) is 4. The molecular weight excluding hydrogens is 264 g/mol. The van der Waals surface area contributed by atoms with Crippen molar-refractivity contribution in [3.05, 3.63) is 66.4 Å². The maximum atomic E-state index is 5.40. The largest absolute Gasteiger partial charge is 0.359 e. The first-order valence-electron chi connectivity index (χ1n) is 6.69. The first kappa shape index (κ1) is 11.8. The van der Waals surface area contributed by atoms with Crippen molar-refractivity contribution in [1.82, 2.24) is 20.2 Å². The minimum Gasteiger partial charge on any atom is -0.359 e. The van der Waals surface area contributed by atoms with Crippen LogP contribution in [0.1, 0.15) is 5.76 Å². The van der Waals surface area contributed by atoms with Crippen LogP contribution in [-0.2, 0) is 6.54 Å². The molecule has 0 spiro atoms. The summed E-state index contributed by atoms with van der Waals surface area (Å²) in [6.07, 6.45) is 0. The van der Waals surface area contributed by atoms with Crippen LogP contribution in [0.2, 0.25) is 0 Å². The molecule has 0 amide bonds. The highest BCUT2D eigenvalue weighted by Gasteiger charge is 2.09. The average Bonchev–Trinajstić information content (AvgIpc) is 3.17. The molecular formula is C16H12N4O. The van der Waals surface area contributed by atoms with Crippen molar-refractivity contribution in [2.24, 2.45) is 0 Å². The zero-order valence-electron chi connectivity index (χ0n) is 11.2. The van der Waals surface area contributed by atoms with Crippen LogP contribution in [0.3, 0.4) is 0 Å². The van der Waals surface area contributed by atoms with E-state index in [0.717, 1.165) is 28.1 Å². The Morgan fingerprint density at radius 1 is 0.952 bits per heavy atom. The molecule has 5 heteroatoms. The van der Waals surface area contributed by atoms with E-state index in [2.05, 4.69) is 15.5 Å². The second-order valence-electron chi connectivity index (χ2n) is 4.78. The molecule has 4 aromatic rings. The van der Waals surface area contributed by atoms with Crippen molar-refractivity contribution in [3.8, 4) is 11.3 Å². The van der Waals surface area contributed by atoms with Crippen LogP contribution in [0.25, 0.3) is 22.3 Å². The molecule has 0 bridgehead atoms. The van der Waals surface area contributed by atoms with Gasteiger partial charge in [0.15, 0.2) is 5.76 Å². The van der Waals surface area contributed by atoms with E-state index in [9.17, 15) is 0 Å². The Morgan fingerprint density at radius 3 is 2.67 bits per heavy atom. The minimum atomic E-state index is 0.514. The Labute approximate surface area is 120 Å². The fourth-order valence-corrected chi connectivity index (χ4v) is 2.31. The first-order valence-corrected chi connectivity index (χ1v) is 6.69. The van der Waals surface area contributed by atoms with Gasteiger partial charge in [0.05, 0.1) is 5.52 Å². The lowest BCUT2D eigenvalue weighted by atomic mass is 10.1. The van der Waals surface area contributed by atoms with E-state index in [4.69, 9.17) is 4.52 Å². The monoisotopic (exact) mass is 276 g/mol. The fourth-order valence-electron chi connectivity index (χ4n) is 2.31. The van der Waals surface area contributed by atoms with Gasteiger partial charge in [-0.1, -0.05) is 52.8 Å². The second kappa shape index (κ2) is 4.86. The third kappa shape index (κ3) is 2.18. The number of nitrogens with zero attached hydrogens (tertiary/aromatic N) is 4. The molecule has 4 rings (SSSR count). The summed E-state index contributed by atoms with van der Waals surface area (Å²) in [5, 5.41) is 12.4. The normalized spacial score (nSPS) is 11.0. The molecule has 2 heterocycles. The summed E-state index contributed by atoms with van der Waals surface area (Å²) in [5.74, 6) is 0.754. The van der Waals surface area contributed by atoms with Crippen molar-refractivity contribution in [3.63, 3.8) is 0 Å². The van der Waals surface area contributed by atoms with Crippen molar-refractivity contribution in [2.45, 2.75) is 6.54 Å². The third-order valence-electron chi connectivity index (χ3n) is 3.35. The number of benzene rings is 2. The average molecular weight is 276 g/mol. The quantitative estimate of drug-likeness (QED) is 0.577. The Bertz CT molecular complexity index is 879. The molecule has 0 saturated heterocycles. The molecule has 0 saturated carbocycles. The van der Waals surface area contributed by atoms with E-state index in [0.29, 0.717) is 6.54 Å². The smallest absolute Gasteiger partial charge is 0.158 e. The van der Waals surface area contributed by atoms with Crippen LogP contribution in [-0.4, -0.2) is 20.2 Å². The molecule has 0 atom stereocenters. The molecule has 0 aliphatic heterocycles. The summed E-state index contributed by atoms with van der Waals surface area (Å²) in [5.41, 5.74) is 3.72. The predicted octanol–water partition coefficient (Wildman–Crippen LogP) is 3.13. The highest BCUT2D eigenvalue weighted by atomic mass is 16.5. The van der Waals surface area contributed by atoms with Gasteiger partial charge in [0.1, 0.15) is 17.8 Å². The van der Waals surface area contributed by atoms with Gasteiger partial charge in [0, 0.05) is 11.6 Å². The molecule has 102 valence electrons. The lowest BCUT2D eigenvalue weighted by molar-refractivity contribution is 0.373. The molecule has 0 aliphatic carbocycles. The number of aromatic nitrogens is 4. The molecule has 2 aromatic carbocycles. The van der Waals surface area contributed by atoms with Gasteiger partial charge < -0.3 is 4.52 Å². The van der Waals surface area contributed by atoms with E-state index in [1.165, 1.54) is 0 Å². The molecule has 0 fully saturated rings. The topological polar surface area (TPSA) is 56.7 Å². The second-order valence-corrected chi connectivity index (χ2v) is 4.78. The van der Waals surface area contributed by atoms with Crippen LogP contribution in [0.15, 0.2) is 65.2 Å². The molecule has 0 unspecified atom stereocenters. The Morgan fingerprint density at radius 2 is 1.76 bits per heavy atom. The number of para-hydroxylation sites is 1. The van der Waals surface area contributed by atoms with Gasteiger partial charge in [-0.25, -0.2) is 4.68 Å². The number of rotatable bonds is 3. The molecule has 0 N–H and O–H groups in total. The SMILES string of the molecule is c1ccc(-c2cc(Cn3nnc4ccccc43)on2)cc1. The minimum absolute atomic E-state index is 0.514. The van der Waals surface area contributed by atoms with Gasteiger partial charge in [-0.3, -0.25) is 0 Å². The van der Waals surface area contributed by atoms with Crippen molar-refractivity contribution in [2.75, 3.05) is 0 Å². The maximum absolute atomic E-state index is 5.40. The third-order valence-corrected chi connectivity index (χ3v) is 3.35. The van der Waals surface area contributed by atoms with E-state index in [1.54, 1.807) is 0 Å². The van der Waals surface area contributed by atoms with Crippen LogP contribution in [0, 0.1) is 0 Å². The van der Waals surface area contributed by atoms with E-state index in [-0.39, 0.29) is 0 Å². The van der Waals surface area contributed by atoms with Crippen molar-refractivity contribution >= 4 is 11.0 Å². The maximum Gasteiger partial charge on any atom is 0.158 e. The van der Waals surface area contributed by atoms with E-state index in [1.807, 2.05) is 65.3 Å². The number of hydrogen-bond donors (Lipinski definition) is 0. The summed E-state index contributed by atoms with van der Waals surface area (Å²) < 4.78 is 7.21. The molecule has 21 heavy (non-hydrogen) atoms. The Balaban J connectivity index is 1.65. The summed E-state index contributed by atoms with van der Waals surface area (Å²) in [4.78, 5) is 0. The summed E-state index contributed by atoms with van der Waals surface area (Å²) >= 11 is 0. The van der Waals surface area contributed by atoms with Gasteiger partial charge in [-0.2, -0.15) is 0 Å². The fraction of sp³-hybridized carbons (Fsp3) is 0.0625.